The van der Waals surface area contributed by atoms with Gasteiger partial charge in [0.15, 0.2) is 5.82 Å². The molecule has 0 aromatic heterocycles. The molecule has 31 heavy (non-hydrogen) atoms. The van der Waals surface area contributed by atoms with Crippen LogP contribution < -0.4 is 16.0 Å². The van der Waals surface area contributed by atoms with Crippen LogP contribution in [-0.2, 0) is 27.5 Å². The van der Waals surface area contributed by atoms with Gasteiger partial charge in [-0.1, -0.05) is 18.2 Å². The van der Waals surface area contributed by atoms with Crippen molar-refractivity contribution in [3.8, 4) is 0 Å². The molecule has 0 saturated carbocycles. The van der Waals surface area contributed by atoms with Crippen molar-refractivity contribution in [3.05, 3.63) is 58.9 Å². The molecule has 0 unspecified atom stereocenters. The van der Waals surface area contributed by atoms with Crippen LogP contribution in [-0.4, -0.2) is 34.6 Å². The molecule has 0 bridgehead atoms. The number of amides is 4. The Bertz CT molecular complexity index is 1100. The van der Waals surface area contributed by atoms with Crippen molar-refractivity contribution in [2.75, 3.05) is 10.6 Å². The average molecular weight is 424 g/mol. The van der Waals surface area contributed by atoms with Gasteiger partial charge in [0.2, 0.25) is 17.7 Å². The molecule has 2 aromatic rings. The molecule has 1 atom stereocenters. The summed E-state index contributed by atoms with van der Waals surface area (Å²) in [6, 6.07) is 9.24. The summed E-state index contributed by atoms with van der Waals surface area (Å²) in [5.74, 6) is -1.97. The van der Waals surface area contributed by atoms with Gasteiger partial charge in [0, 0.05) is 48.8 Å². The number of benzene rings is 2. The van der Waals surface area contributed by atoms with Crippen LogP contribution in [0, 0.1) is 5.82 Å². The van der Waals surface area contributed by atoms with Crippen molar-refractivity contribution in [1.82, 2.24) is 10.2 Å². The van der Waals surface area contributed by atoms with Gasteiger partial charge >= 0.3 is 0 Å². The number of nitrogens with zero attached hydrogens (tertiary/aromatic N) is 1. The molecule has 4 rings (SSSR count). The largest absolute Gasteiger partial charge is 0.381 e. The molecule has 2 heterocycles. The quantitative estimate of drug-likeness (QED) is 0.638. The van der Waals surface area contributed by atoms with Crippen LogP contribution in [0.15, 0.2) is 36.4 Å². The third kappa shape index (κ3) is 3.98. The molecule has 3 N–H and O–H groups in total. The lowest BCUT2D eigenvalue weighted by molar-refractivity contribution is -0.137. The van der Waals surface area contributed by atoms with Gasteiger partial charge in [0.05, 0.1) is 5.69 Å². The fourth-order valence-electron chi connectivity index (χ4n) is 3.94. The summed E-state index contributed by atoms with van der Waals surface area (Å²) < 4.78 is 14.7. The number of fused-ring (bicyclic) bond motifs is 1. The van der Waals surface area contributed by atoms with Gasteiger partial charge in [-0.25, -0.2) is 4.39 Å². The molecule has 0 radical (unpaired) electrons. The minimum absolute atomic E-state index is 0.101. The Morgan fingerprint density at radius 1 is 1.16 bits per heavy atom. The van der Waals surface area contributed by atoms with E-state index in [1.807, 2.05) is 0 Å². The van der Waals surface area contributed by atoms with E-state index in [0.29, 0.717) is 16.8 Å². The van der Waals surface area contributed by atoms with E-state index in [0.717, 1.165) is 5.56 Å². The minimum atomic E-state index is -0.697. The number of rotatable bonds is 5. The van der Waals surface area contributed by atoms with E-state index in [2.05, 4.69) is 16.0 Å². The summed E-state index contributed by atoms with van der Waals surface area (Å²) in [4.78, 5) is 49.2. The zero-order valence-corrected chi connectivity index (χ0v) is 16.8. The van der Waals surface area contributed by atoms with Gasteiger partial charge in [-0.2, -0.15) is 0 Å². The third-order valence-corrected chi connectivity index (χ3v) is 5.44. The van der Waals surface area contributed by atoms with E-state index in [-0.39, 0.29) is 49.3 Å². The summed E-state index contributed by atoms with van der Waals surface area (Å²) in [5, 5.41) is 7.89. The van der Waals surface area contributed by atoms with E-state index in [9.17, 15) is 23.6 Å². The van der Waals surface area contributed by atoms with Crippen molar-refractivity contribution >= 4 is 35.0 Å². The van der Waals surface area contributed by atoms with E-state index in [1.54, 1.807) is 30.3 Å². The number of piperidine rings is 1. The smallest absolute Gasteiger partial charge is 0.255 e. The highest BCUT2D eigenvalue weighted by Crippen LogP contribution is 2.32. The molecule has 2 aliphatic rings. The van der Waals surface area contributed by atoms with Crippen molar-refractivity contribution < 1.29 is 23.6 Å². The molecule has 2 aliphatic heterocycles. The second-order valence-electron chi connectivity index (χ2n) is 7.55. The molecule has 160 valence electrons. The minimum Gasteiger partial charge on any atom is -0.381 e. The van der Waals surface area contributed by atoms with Crippen LogP contribution in [0.1, 0.15) is 41.3 Å². The summed E-state index contributed by atoms with van der Waals surface area (Å²) in [6.07, 6.45) is 0.472. The Hall–Kier alpha value is -3.75. The number of anilines is 2. The Balaban J connectivity index is 1.53. The van der Waals surface area contributed by atoms with Gasteiger partial charge in [-0.15, -0.1) is 0 Å². The number of carbonyl (C=O) groups is 4. The lowest BCUT2D eigenvalue weighted by Gasteiger charge is -2.29. The number of carbonyl (C=O) groups excluding carboxylic acids is 4. The first-order valence-corrected chi connectivity index (χ1v) is 9.90. The van der Waals surface area contributed by atoms with Crippen LogP contribution in [0.2, 0.25) is 0 Å². The maximum Gasteiger partial charge on any atom is 0.255 e. The molecule has 9 heteroatoms. The molecule has 0 aliphatic carbocycles. The van der Waals surface area contributed by atoms with Crippen LogP contribution in [0.4, 0.5) is 15.8 Å². The topological polar surface area (TPSA) is 108 Å². The molecule has 2 aromatic carbocycles. The summed E-state index contributed by atoms with van der Waals surface area (Å²) in [7, 11) is 0. The maximum atomic E-state index is 14.7. The average Bonchev–Trinajstić information content (AvgIpc) is 3.05. The fourth-order valence-corrected chi connectivity index (χ4v) is 3.94. The Kier molecular flexibility index (Phi) is 5.41. The highest BCUT2D eigenvalue weighted by molar-refractivity contribution is 6.06. The normalized spacial score (nSPS) is 17.9. The lowest BCUT2D eigenvalue weighted by Crippen LogP contribution is -2.52. The predicted octanol–water partition coefficient (Wildman–Crippen LogP) is 2.16. The van der Waals surface area contributed by atoms with Gasteiger partial charge in [0.1, 0.15) is 6.04 Å². The number of nitrogens with one attached hydrogen (secondary N) is 3. The number of hydrogen-bond acceptors (Lipinski definition) is 5. The molecular formula is C22H21FN4O4. The number of imide groups is 1. The molecule has 1 saturated heterocycles. The molecular weight excluding hydrogens is 403 g/mol. The second kappa shape index (κ2) is 8.17. The van der Waals surface area contributed by atoms with E-state index in [4.69, 9.17) is 0 Å². The first kappa shape index (κ1) is 20.5. The zero-order valence-electron chi connectivity index (χ0n) is 16.8. The van der Waals surface area contributed by atoms with Crippen molar-refractivity contribution in [3.63, 3.8) is 0 Å². The summed E-state index contributed by atoms with van der Waals surface area (Å²) in [5.41, 5.74) is 2.31. The predicted molar refractivity (Wildman–Crippen MR) is 111 cm³/mol. The zero-order chi connectivity index (χ0) is 22.1. The van der Waals surface area contributed by atoms with Gasteiger partial charge in [-0.05, 0) is 24.6 Å². The Morgan fingerprint density at radius 2 is 1.90 bits per heavy atom. The van der Waals surface area contributed by atoms with E-state index in [1.165, 1.54) is 17.9 Å². The molecule has 0 spiro atoms. The Morgan fingerprint density at radius 3 is 2.65 bits per heavy atom. The number of halogens is 1. The van der Waals surface area contributed by atoms with Crippen LogP contribution in [0.5, 0.6) is 0 Å². The Labute approximate surface area is 177 Å². The maximum absolute atomic E-state index is 14.7. The first-order valence-electron chi connectivity index (χ1n) is 9.90. The van der Waals surface area contributed by atoms with Crippen molar-refractivity contribution in [2.24, 2.45) is 0 Å². The lowest BCUT2D eigenvalue weighted by atomic mass is 10.0. The number of hydrogen-bond donors (Lipinski definition) is 3. The third-order valence-electron chi connectivity index (χ3n) is 5.44. The van der Waals surface area contributed by atoms with Gasteiger partial charge < -0.3 is 15.5 Å². The molecule has 1 fully saturated rings. The van der Waals surface area contributed by atoms with E-state index >= 15 is 0 Å². The highest BCUT2D eigenvalue weighted by Gasteiger charge is 2.39. The van der Waals surface area contributed by atoms with Crippen LogP contribution in [0.25, 0.3) is 0 Å². The SMILES string of the molecule is CC(=O)Nc1cccc(CNc2cccc3c2CN([C@H]2CCC(=O)NC2=O)C3=O)c1F. The van der Waals surface area contributed by atoms with Gasteiger partial charge in [-0.3, -0.25) is 24.5 Å². The van der Waals surface area contributed by atoms with Crippen molar-refractivity contribution in [2.45, 2.75) is 38.9 Å². The summed E-state index contributed by atoms with van der Waals surface area (Å²) in [6.45, 7) is 1.67. The monoisotopic (exact) mass is 424 g/mol. The molecule has 4 amide bonds. The second-order valence-corrected chi connectivity index (χ2v) is 7.55. The van der Waals surface area contributed by atoms with Crippen LogP contribution in [0.3, 0.4) is 0 Å². The van der Waals surface area contributed by atoms with Crippen LogP contribution >= 0.6 is 0 Å². The fraction of sp³-hybridized carbons (Fsp3) is 0.273. The standard InChI is InChI=1S/C22H21FN4O4/c1-12(28)25-17-7-2-4-13(20(17)23)10-24-16-6-3-5-14-15(16)11-27(22(14)31)18-8-9-19(29)26-21(18)30/h2-7,18,24H,8-11H2,1H3,(H,25,28)(H,26,29,30)/t18-/m0/s1. The highest BCUT2D eigenvalue weighted by atomic mass is 19.1. The first-order chi connectivity index (χ1) is 14.8. The van der Waals surface area contributed by atoms with E-state index < -0.39 is 17.8 Å². The van der Waals surface area contributed by atoms with Gasteiger partial charge in [0.25, 0.3) is 5.91 Å². The van der Waals surface area contributed by atoms with Crippen molar-refractivity contribution in [1.29, 1.82) is 0 Å². The molecule has 8 nitrogen and oxygen atoms in total. The summed E-state index contributed by atoms with van der Waals surface area (Å²) >= 11 is 0.